The average Bonchev–Trinajstić information content (AvgIpc) is 2.62. The average molecular weight is 415 g/mol. The zero-order chi connectivity index (χ0) is 19.0. The van der Waals surface area contributed by atoms with Crippen LogP contribution in [0.15, 0.2) is 29.0 Å². The molecule has 0 amide bonds. The molecule has 0 saturated carbocycles. The Hall–Kier alpha value is -2.88. The van der Waals surface area contributed by atoms with Crippen molar-refractivity contribution in [1.29, 1.82) is 0 Å². The number of aromatic hydroxyl groups is 1. The van der Waals surface area contributed by atoms with Gasteiger partial charge in [-0.25, -0.2) is 19.6 Å². The summed E-state index contributed by atoms with van der Waals surface area (Å²) >= 11 is 3.22. The minimum Gasteiger partial charge on any atom is -0.503 e. The Morgan fingerprint density at radius 2 is 1.56 bits per heavy atom. The fraction of sp³-hybridized carbons (Fsp3) is 0.200. The van der Waals surface area contributed by atoms with Gasteiger partial charge in [0.15, 0.2) is 22.9 Å². The second-order valence-corrected chi connectivity index (χ2v) is 5.10. The molecule has 0 aromatic carbocycles. The standard InChI is InChI=1S/C8H8BrNO3.C7H7NO4/c1-12-7-3-6(8(11)13-2)10-4-5(7)9;1-12-6-2-4(7(10)11)8-3-5(6)9/h3-4H,1-2H3;2-3,9H,1H3,(H,10,11). The topological polar surface area (TPSA) is 128 Å². The van der Waals surface area contributed by atoms with Crippen LogP contribution in [-0.2, 0) is 4.74 Å². The largest absolute Gasteiger partial charge is 0.503 e. The summed E-state index contributed by atoms with van der Waals surface area (Å²) in [6.45, 7) is 0. The SMILES string of the molecule is COC(=O)c1cc(OC)c(Br)cn1.COc1cc(C(=O)O)ncc1O. The fourth-order valence-electron chi connectivity index (χ4n) is 1.50. The summed E-state index contributed by atoms with van der Waals surface area (Å²) in [5, 5.41) is 17.5. The zero-order valence-electron chi connectivity index (χ0n) is 13.5. The summed E-state index contributed by atoms with van der Waals surface area (Å²) in [7, 11) is 4.15. The van der Waals surface area contributed by atoms with Gasteiger partial charge in [-0.2, -0.15) is 0 Å². The Labute approximate surface area is 151 Å². The van der Waals surface area contributed by atoms with E-state index >= 15 is 0 Å². The number of ether oxygens (including phenoxy) is 3. The number of halogens is 1. The van der Waals surface area contributed by atoms with Gasteiger partial charge in [-0.1, -0.05) is 0 Å². The van der Waals surface area contributed by atoms with Crippen LogP contribution in [-0.4, -0.2) is 53.4 Å². The lowest BCUT2D eigenvalue weighted by atomic mass is 10.3. The summed E-state index contributed by atoms with van der Waals surface area (Å²) in [6.07, 6.45) is 2.52. The van der Waals surface area contributed by atoms with Gasteiger partial charge < -0.3 is 24.4 Å². The molecule has 0 aliphatic rings. The van der Waals surface area contributed by atoms with Crippen LogP contribution in [0.4, 0.5) is 0 Å². The first-order valence-electron chi connectivity index (χ1n) is 6.58. The second-order valence-electron chi connectivity index (χ2n) is 4.24. The molecular weight excluding hydrogens is 400 g/mol. The molecule has 2 N–H and O–H groups in total. The van der Waals surface area contributed by atoms with E-state index in [1.807, 2.05) is 0 Å². The number of hydrogen-bond donors (Lipinski definition) is 2. The van der Waals surface area contributed by atoms with Crippen molar-refractivity contribution in [3.8, 4) is 17.2 Å². The van der Waals surface area contributed by atoms with Crippen molar-refractivity contribution in [2.24, 2.45) is 0 Å². The van der Waals surface area contributed by atoms with Crippen molar-refractivity contribution in [2.45, 2.75) is 0 Å². The fourth-order valence-corrected chi connectivity index (χ4v) is 1.88. The molecule has 25 heavy (non-hydrogen) atoms. The first kappa shape index (κ1) is 20.2. The molecule has 0 unspecified atom stereocenters. The van der Waals surface area contributed by atoms with Crippen molar-refractivity contribution in [2.75, 3.05) is 21.3 Å². The lowest BCUT2D eigenvalue weighted by Crippen LogP contribution is -2.04. The Balaban J connectivity index is 0.000000251. The van der Waals surface area contributed by atoms with E-state index in [0.29, 0.717) is 10.2 Å². The number of carbonyl (C=O) groups is 2. The van der Waals surface area contributed by atoms with Gasteiger partial charge >= 0.3 is 11.9 Å². The summed E-state index contributed by atoms with van der Waals surface area (Å²) in [6, 6.07) is 2.66. The van der Waals surface area contributed by atoms with Crippen molar-refractivity contribution in [3.05, 3.63) is 40.4 Å². The van der Waals surface area contributed by atoms with Crippen molar-refractivity contribution >= 4 is 27.9 Å². The lowest BCUT2D eigenvalue weighted by Gasteiger charge is -2.03. The third kappa shape index (κ3) is 5.60. The monoisotopic (exact) mass is 414 g/mol. The normalized spacial score (nSPS) is 9.44. The summed E-state index contributed by atoms with van der Waals surface area (Å²) in [5.41, 5.74) is 0.0622. The van der Waals surface area contributed by atoms with E-state index in [1.54, 1.807) is 0 Å². The van der Waals surface area contributed by atoms with Crippen LogP contribution in [0.2, 0.25) is 0 Å². The van der Waals surface area contributed by atoms with E-state index < -0.39 is 11.9 Å². The minimum atomic E-state index is -1.16. The molecule has 134 valence electrons. The molecule has 2 heterocycles. The predicted molar refractivity (Wildman–Crippen MR) is 89.2 cm³/mol. The second kappa shape index (κ2) is 9.42. The van der Waals surface area contributed by atoms with Crippen molar-refractivity contribution in [1.82, 2.24) is 9.97 Å². The van der Waals surface area contributed by atoms with Crippen LogP contribution in [0.1, 0.15) is 21.0 Å². The molecule has 0 aliphatic heterocycles. The van der Waals surface area contributed by atoms with Gasteiger partial charge in [0.05, 0.1) is 32.0 Å². The number of carboxylic acids is 1. The highest BCUT2D eigenvalue weighted by Gasteiger charge is 2.10. The van der Waals surface area contributed by atoms with Crippen LogP contribution in [0.25, 0.3) is 0 Å². The van der Waals surface area contributed by atoms with Gasteiger partial charge in [-0.05, 0) is 15.9 Å². The molecule has 0 radical (unpaired) electrons. The molecule has 0 spiro atoms. The molecule has 2 rings (SSSR count). The number of aromatic nitrogens is 2. The highest BCUT2D eigenvalue weighted by Crippen LogP contribution is 2.24. The highest BCUT2D eigenvalue weighted by atomic mass is 79.9. The number of aromatic carboxylic acids is 1. The smallest absolute Gasteiger partial charge is 0.356 e. The number of hydrogen-bond acceptors (Lipinski definition) is 8. The molecule has 0 fully saturated rings. The highest BCUT2D eigenvalue weighted by molar-refractivity contribution is 9.10. The van der Waals surface area contributed by atoms with E-state index in [9.17, 15) is 9.59 Å². The predicted octanol–water partition coefficient (Wildman–Crippen LogP) is 2.13. The third-order valence-corrected chi connectivity index (χ3v) is 3.32. The van der Waals surface area contributed by atoms with Crippen molar-refractivity contribution < 1.29 is 34.0 Å². The summed E-state index contributed by atoms with van der Waals surface area (Å²) < 4.78 is 14.9. The Kier molecular flexibility index (Phi) is 7.60. The quantitative estimate of drug-likeness (QED) is 0.722. The number of methoxy groups -OCH3 is 3. The van der Waals surface area contributed by atoms with E-state index in [4.69, 9.17) is 14.9 Å². The first-order valence-corrected chi connectivity index (χ1v) is 7.37. The van der Waals surface area contributed by atoms with Crippen LogP contribution >= 0.6 is 15.9 Å². The van der Waals surface area contributed by atoms with Gasteiger partial charge in [0.25, 0.3) is 0 Å². The molecule has 2 aromatic rings. The van der Waals surface area contributed by atoms with E-state index in [1.165, 1.54) is 33.6 Å². The van der Waals surface area contributed by atoms with Crippen molar-refractivity contribution in [3.63, 3.8) is 0 Å². The first-order chi connectivity index (χ1) is 11.8. The zero-order valence-corrected chi connectivity index (χ0v) is 15.1. The molecule has 10 heteroatoms. The molecule has 0 bridgehead atoms. The number of pyridine rings is 2. The lowest BCUT2D eigenvalue weighted by molar-refractivity contribution is 0.0592. The van der Waals surface area contributed by atoms with Gasteiger partial charge in [0.1, 0.15) is 5.75 Å². The molecule has 2 aromatic heterocycles. The van der Waals surface area contributed by atoms with E-state index in [2.05, 4.69) is 35.4 Å². The maximum Gasteiger partial charge on any atom is 0.356 e. The molecule has 0 atom stereocenters. The molecule has 9 nitrogen and oxygen atoms in total. The van der Waals surface area contributed by atoms with Gasteiger partial charge in [-0.15, -0.1) is 0 Å². The van der Waals surface area contributed by atoms with Crippen LogP contribution < -0.4 is 9.47 Å². The molecular formula is C15H15BrN2O7. The number of carbonyl (C=O) groups excluding carboxylic acids is 1. The van der Waals surface area contributed by atoms with Gasteiger partial charge in [0, 0.05) is 18.3 Å². The van der Waals surface area contributed by atoms with Crippen LogP contribution in [0, 0.1) is 0 Å². The molecule has 0 aliphatic carbocycles. The van der Waals surface area contributed by atoms with Gasteiger partial charge in [0.2, 0.25) is 0 Å². The molecule has 0 saturated heterocycles. The number of rotatable bonds is 4. The van der Waals surface area contributed by atoms with E-state index in [0.717, 1.165) is 12.3 Å². The van der Waals surface area contributed by atoms with E-state index in [-0.39, 0.29) is 22.9 Å². The maximum absolute atomic E-state index is 11.0. The minimum absolute atomic E-state index is 0.0994. The summed E-state index contributed by atoms with van der Waals surface area (Å²) in [4.78, 5) is 28.7. The van der Waals surface area contributed by atoms with Crippen LogP contribution in [0.3, 0.4) is 0 Å². The number of nitrogens with zero attached hydrogens (tertiary/aromatic N) is 2. The maximum atomic E-state index is 11.0. The Morgan fingerprint density at radius 3 is 2.08 bits per heavy atom. The summed E-state index contributed by atoms with van der Waals surface area (Å²) in [5.74, 6) is -1.17. The Morgan fingerprint density at radius 1 is 1.00 bits per heavy atom. The number of carboxylic acid groups (broad SMARTS) is 1. The Bertz CT molecular complexity index is 768. The van der Waals surface area contributed by atoms with Crippen LogP contribution in [0.5, 0.6) is 17.2 Å². The number of esters is 1. The van der Waals surface area contributed by atoms with Gasteiger partial charge in [-0.3, -0.25) is 0 Å². The third-order valence-electron chi connectivity index (χ3n) is 2.72.